The van der Waals surface area contributed by atoms with Gasteiger partial charge in [0.2, 0.25) is 0 Å². The van der Waals surface area contributed by atoms with Gasteiger partial charge in [-0.15, -0.1) is 0 Å². The lowest BCUT2D eigenvalue weighted by Gasteiger charge is -2.33. The summed E-state index contributed by atoms with van der Waals surface area (Å²) in [5, 5.41) is 4.19. The van der Waals surface area contributed by atoms with Crippen LogP contribution in [-0.2, 0) is 6.42 Å². The first-order valence-electron chi connectivity index (χ1n) is 8.28. The Morgan fingerprint density at radius 2 is 2.00 bits per heavy atom. The van der Waals surface area contributed by atoms with Gasteiger partial charge in [-0.3, -0.25) is 0 Å². The minimum absolute atomic E-state index is 0.171. The van der Waals surface area contributed by atoms with E-state index in [1.807, 2.05) is 0 Å². The number of hydrogen-bond acceptors (Lipinski definition) is 1. The summed E-state index contributed by atoms with van der Waals surface area (Å²) < 4.78 is 14.0. The van der Waals surface area contributed by atoms with E-state index in [1.54, 1.807) is 12.1 Å². The lowest BCUT2D eigenvalue weighted by Crippen LogP contribution is -2.40. The minimum atomic E-state index is -0.171. The van der Waals surface area contributed by atoms with Crippen LogP contribution < -0.4 is 5.32 Å². The zero-order chi connectivity index (χ0) is 15.2. The van der Waals surface area contributed by atoms with Crippen molar-refractivity contribution in [2.24, 2.45) is 11.8 Å². The number of rotatable bonds is 6. The molecular formula is C18H27ClFN. The highest BCUT2D eigenvalue weighted by Crippen LogP contribution is 2.32. The molecule has 3 heteroatoms. The minimum Gasteiger partial charge on any atom is -0.313 e. The first kappa shape index (κ1) is 16.8. The topological polar surface area (TPSA) is 12.0 Å². The van der Waals surface area contributed by atoms with Crippen molar-refractivity contribution in [2.45, 2.75) is 58.4 Å². The van der Waals surface area contributed by atoms with E-state index in [1.165, 1.54) is 31.7 Å². The van der Waals surface area contributed by atoms with Gasteiger partial charge in [-0.25, -0.2) is 4.39 Å². The molecule has 0 aromatic heterocycles. The molecule has 0 saturated heterocycles. The Hall–Kier alpha value is -0.600. The van der Waals surface area contributed by atoms with Crippen LogP contribution in [0.4, 0.5) is 4.39 Å². The van der Waals surface area contributed by atoms with E-state index in [2.05, 4.69) is 19.2 Å². The van der Waals surface area contributed by atoms with Crippen molar-refractivity contribution in [2.75, 3.05) is 6.54 Å². The lowest BCUT2D eigenvalue weighted by atomic mass is 9.77. The molecular weight excluding hydrogens is 285 g/mol. The average Bonchev–Trinajstić information content (AvgIpc) is 2.47. The van der Waals surface area contributed by atoms with Gasteiger partial charge in [-0.2, -0.15) is 0 Å². The van der Waals surface area contributed by atoms with Gasteiger partial charge in [-0.1, -0.05) is 44.4 Å². The van der Waals surface area contributed by atoms with Crippen molar-refractivity contribution in [1.82, 2.24) is 5.32 Å². The van der Waals surface area contributed by atoms with Gasteiger partial charge in [0, 0.05) is 16.6 Å². The van der Waals surface area contributed by atoms with E-state index in [4.69, 9.17) is 11.6 Å². The fourth-order valence-corrected chi connectivity index (χ4v) is 3.61. The third kappa shape index (κ3) is 4.69. The van der Waals surface area contributed by atoms with Crippen molar-refractivity contribution < 1.29 is 4.39 Å². The molecule has 0 radical (unpaired) electrons. The number of benzene rings is 1. The highest BCUT2D eigenvalue weighted by Gasteiger charge is 2.27. The second-order valence-corrected chi connectivity index (χ2v) is 6.89. The molecule has 1 nitrogen and oxygen atoms in total. The van der Waals surface area contributed by atoms with Crippen LogP contribution >= 0.6 is 11.6 Å². The van der Waals surface area contributed by atoms with Gasteiger partial charge in [0.05, 0.1) is 0 Å². The molecule has 1 aliphatic rings. The Kier molecular flexibility index (Phi) is 6.50. The molecule has 0 heterocycles. The molecule has 1 atom stereocenters. The highest BCUT2D eigenvalue weighted by molar-refractivity contribution is 6.31. The van der Waals surface area contributed by atoms with E-state index >= 15 is 0 Å². The first-order valence-corrected chi connectivity index (χ1v) is 8.65. The molecule has 0 amide bonds. The summed E-state index contributed by atoms with van der Waals surface area (Å²) in [6.45, 7) is 5.49. The van der Waals surface area contributed by atoms with Crippen LogP contribution in [0.2, 0.25) is 5.02 Å². The van der Waals surface area contributed by atoms with E-state index < -0.39 is 0 Å². The summed E-state index contributed by atoms with van der Waals surface area (Å²) in [6.07, 6.45) is 6.87. The van der Waals surface area contributed by atoms with E-state index in [0.717, 1.165) is 18.9 Å². The van der Waals surface area contributed by atoms with Crippen molar-refractivity contribution in [3.05, 3.63) is 34.6 Å². The van der Waals surface area contributed by atoms with Gasteiger partial charge < -0.3 is 5.32 Å². The van der Waals surface area contributed by atoms with E-state index in [0.29, 0.717) is 29.0 Å². The predicted molar refractivity (Wildman–Crippen MR) is 88.3 cm³/mol. The fraction of sp³-hybridized carbons (Fsp3) is 0.667. The third-order valence-corrected chi connectivity index (χ3v) is 5.13. The zero-order valence-corrected chi connectivity index (χ0v) is 13.9. The summed E-state index contributed by atoms with van der Waals surface area (Å²) in [5.41, 5.74) is 0.673. The standard InChI is InChI=1S/C18H27ClFN/c1-3-11-21-18(14-9-7-13(2)8-10-14)12-15-16(19)5-4-6-17(15)20/h4-6,13-14,18,21H,3,7-12H2,1-2H3. The molecule has 1 fully saturated rings. The molecule has 1 unspecified atom stereocenters. The number of halogens is 2. The Bertz CT molecular complexity index is 421. The summed E-state index contributed by atoms with van der Waals surface area (Å²) in [7, 11) is 0. The van der Waals surface area contributed by atoms with Gasteiger partial charge in [0.25, 0.3) is 0 Å². The predicted octanol–water partition coefficient (Wildman–Crippen LogP) is 5.22. The van der Waals surface area contributed by atoms with Crippen LogP contribution in [0.25, 0.3) is 0 Å². The molecule has 1 aliphatic carbocycles. The Morgan fingerprint density at radius 1 is 1.29 bits per heavy atom. The van der Waals surface area contributed by atoms with Gasteiger partial charge in [0.1, 0.15) is 5.82 Å². The highest BCUT2D eigenvalue weighted by atomic mass is 35.5. The number of hydrogen-bond donors (Lipinski definition) is 1. The zero-order valence-electron chi connectivity index (χ0n) is 13.2. The Morgan fingerprint density at radius 3 is 2.62 bits per heavy atom. The van der Waals surface area contributed by atoms with Gasteiger partial charge >= 0.3 is 0 Å². The van der Waals surface area contributed by atoms with Crippen LogP contribution in [0.15, 0.2) is 18.2 Å². The van der Waals surface area contributed by atoms with Crippen LogP contribution in [0.5, 0.6) is 0 Å². The van der Waals surface area contributed by atoms with Crippen molar-refractivity contribution in [3.63, 3.8) is 0 Å². The Labute approximate surface area is 133 Å². The normalized spacial score (nSPS) is 24.0. The summed E-state index contributed by atoms with van der Waals surface area (Å²) >= 11 is 6.20. The molecule has 1 aromatic rings. The molecule has 1 saturated carbocycles. The first-order chi connectivity index (χ1) is 10.1. The number of nitrogens with one attached hydrogen (secondary N) is 1. The molecule has 0 spiro atoms. The molecule has 0 aliphatic heterocycles. The lowest BCUT2D eigenvalue weighted by molar-refractivity contribution is 0.228. The van der Waals surface area contributed by atoms with E-state index in [-0.39, 0.29) is 5.82 Å². The SMILES string of the molecule is CCCNC(Cc1c(F)cccc1Cl)C1CCC(C)CC1. The van der Waals surface area contributed by atoms with Gasteiger partial charge in [-0.05, 0) is 56.2 Å². The average molecular weight is 312 g/mol. The molecule has 21 heavy (non-hydrogen) atoms. The van der Waals surface area contributed by atoms with Crippen molar-refractivity contribution in [3.8, 4) is 0 Å². The fourth-order valence-electron chi connectivity index (χ4n) is 3.37. The van der Waals surface area contributed by atoms with Crippen molar-refractivity contribution >= 4 is 11.6 Å². The maximum atomic E-state index is 14.0. The van der Waals surface area contributed by atoms with Crippen LogP contribution in [0, 0.1) is 17.7 Å². The molecule has 2 rings (SSSR count). The quantitative estimate of drug-likeness (QED) is 0.760. The van der Waals surface area contributed by atoms with Crippen LogP contribution in [0.1, 0.15) is 51.5 Å². The maximum Gasteiger partial charge on any atom is 0.127 e. The maximum absolute atomic E-state index is 14.0. The van der Waals surface area contributed by atoms with Gasteiger partial charge in [0.15, 0.2) is 0 Å². The second-order valence-electron chi connectivity index (χ2n) is 6.48. The van der Waals surface area contributed by atoms with Crippen LogP contribution in [-0.4, -0.2) is 12.6 Å². The molecule has 118 valence electrons. The Balaban J connectivity index is 2.08. The molecule has 0 bridgehead atoms. The third-order valence-electron chi connectivity index (χ3n) is 4.77. The summed E-state index contributed by atoms with van der Waals surface area (Å²) in [5.74, 6) is 1.31. The molecule has 1 aromatic carbocycles. The smallest absolute Gasteiger partial charge is 0.127 e. The molecule has 1 N–H and O–H groups in total. The second kappa shape index (κ2) is 8.14. The largest absolute Gasteiger partial charge is 0.313 e. The van der Waals surface area contributed by atoms with Crippen LogP contribution in [0.3, 0.4) is 0 Å². The monoisotopic (exact) mass is 311 g/mol. The van der Waals surface area contributed by atoms with Crippen molar-refractivity contribution in [1.29, 1.82) is 0 Å². The summed E-state index contributed by atoms with van der Waals surface area (Å²) in [4.78, 5) is 0. The summed E-state index contributed by atoms with van der Waals surface area (Å²) in [6, 6.07) is 5.32. The van der Waals surface area contributed by atoms with E-state index in [9.17, 15) is 4.39 Å².